The molecule has 120 valence electrons. The number of methoxy groups -OCH3 is 1. The van der Waals surface area contributed by atoms with Crippen LogP contribution in [0.25, 0.3) is 38.2 Å². The number of hydrogen-bond donors (Lipinski definition) is 0. The van der Waals surface area contributed by atoms with Crippen LogP contribution in [0.4, 0.5) is 0 Å². The molecule has 25 heavy (non-hydrogen) atoms. The van der Waals surface area contributed by atoms with Crippen LogP contribution in [0, 0.1) is 0 Å². The first-order valence-electron chi connectivity index (χ1n) is 7.86. The lowest BCUT2D eigenvalue weighted by Crippen LogP contribution is -2.13. The number of benzene rings is 3. The van der Waals surface area contributed by atoms with Crippen LogP contribution in [0.15, 0.2) is 59.4 Å². The van der Waals surface area contributed by atoms with E-state index in [1.165, 1.54) is 7.11 Å². The SMILES string of the molecule is COC(=O)c1ccc2nc3c4cccc5cccc(c(=O)n3c2c1)c54. The number of carbonyl (C=O) groups excluding carboxylic acids is 1. The first-order chi connectivity index (χ1) is 12.2. The molecule has 0 atom stereocenters. The third-order valence-corrected chi connectivity index (χ3v) is 4.65. The molecule has 5 heteroatoms. The average molecular weight is 328 g/mol. The molecule has 0 unspecified atom stereocenters. The van der Waals surface area contributed by atoms with Gasteiger partial charge < -0.3 is 4.74 Å². The van der Waals surface area contributed by atoms with Crippen LogP contribution in [0.1, 0.15) is 10.4 Å². The summed E-state index contributed by atoms with van der Waals surface area (Å²) in [6.07, 6.45) is 0. The standard InChI is InChI=1S/C20H12N2O3/c1-25-20(24)12-8-9-15-16(10-12)22-18(21-15)13-6-2-4-11-5-3-7-14(17(11)13)19(22)23/h2-10H,1H3. The van der Waals surface area contributed by atoms with E-state index in [0.717, 1.165) is 16.2 Å². The van der Waals surface area contributed by atoms with E-state index in [2.05, 4.69) is 4.98 Å². The number of carbonyl (C=O) groups is 1. The van der Waals surface area contributed by atoms with E-state index in [-0.39, 0.29) is 5.56 Å². The van der Waals surface area contributed by atoms with Crippen LogP contribution in [-0.2, 0) is 4.74 Å². The quantitative estimate of drug-likeness (QED) is 0.443. The molecule has 0 aliphatic heterocycles. The van der Waals surface area contributed by atoms with Gasteiger partial charge in [-0.05, 0) is 29.7 Å². The van der Waals surface area contributed by atoms with Crippen LogP contribution in [0.5, 0.6) is 0 Å². The Labute approximate surface area is 141 Å². The number of pyridine rings is 1. The molecule has 0 amide bonds. The topological polar surface area (TPSA) is 60.7 Å². The molecule has 0 fully saturated rings. The summed E-state index contributed by atoms with van der Waals surface area (Å²) in [7, 11) is 1.33. The first-order valence-corrected chi connectivity index (χ1v) is 7.86. The second-order valence-corrected chi connectivity index (χ2v) is 5.98. The zero-order chi connectivity index (χ0) is 17.1. The van der Waals surface area contributed by atoms with Crippen molar-refractivity contribution in [1.82, 2.24) is 9.38 Å². The number of esters is 1. The Balaban J connectivity index is 2.06. The Hall–Kier alpha value is -3.47. The third kappa shape index (κ3) is 1.75. The van der Waals surface area contributed by atoms with Gasteiger partial charge >= 0.3 is 5.97 Å². The average Bonchev–Trinajstić information content (AvgIpc) is 3.04. The molecule has 0 aliphatic rings. The Bertz CT molecular complexity index is 1360. The minimum Gasteiger partial charge on any atom is -0.465 e. The zero-order valence-electron chi connectivity index (χ0n) is 13.3. The van der Waals surface area contributed by atoms with Crippen LogP contribution < -0.4 is 5.56 Å². The fraction of sp³-hybridized carbons (Fsp3) is 0.0500. The largest absolute Gasteiger partial charge is 0.465 e. The minimum atomic E-state index is -0.441. The predicted molar refractivity (Wildman–Crippen MR) is 96.5 cm³/mol. The molecule has 2 heterocycles. The van der Waals surface area contributed by atoms with Crippen LogP contribution in [-0.4, -0.2) is 22.5 Å². The van der Waals surface area contributed by atoms with Gasteiger partial charge in [0.05, 0.1) is 23.7 Å². The summed E-state index contributed by atoms with van der Waals surface area (Å²) in [5.74, 6) is -0.441. The predicted octanol–water partition coefficient (Wildman–Crippen LogP) is 3.38. The van der Waals surface area contributed by atoms with Gasteiger partial charge in [0.1, 0.15) is 5.65 Å². The van der Waals surface area contributed by atoms with Crippen molar-refractivity contribution < 1.29 is 9.53 Å². The summed E-state index contributed by atoms with van der Waals surface area (Å²) in [4.78, 5) is 29.6. The number of nitrogens with zero attached hydrogens (tertiary/aromatic N) is 2. The highest BCUT2D eigenvalue weighted by Crippen LogP contribution is 2.29. The Morgan fingerprint density at radius 2 is 1.80 bits per heavy atom. The summed E-state index contributed by atoms with van der Waals surface area (Å²) in [5, 5.41) is 3.50. The fourth-order valence-corrected chi connectivity index (χ4v) is 3.53. The van der Waals surface area contributed by atoms with E-state index in [4.69, 9.17) is 4.74 Å². The van der Waals surface area contributed by atoms with Gasteiger partial charge in [0, 0.05) is 16.2 Å². The molecule has 0 spiro atoms. The molecule has 2 aromatic heterocycles. The Kier molecular flexibility index (Phi) is 2.65. The lowest BCUT2D eigenvalue weighted by molar-refractivity contribution is 0.0601. The van der Waals surface area contributed by atoms with Gasteiger partial charge in [-0.3, -0.25) is 9.20 Å². The lowest BCUT2D eigenvalue weighted by Gasteiger charge is -2.06. The van der Waals surface area contributed by atoms with Crippen molar-refractivity contribution >= 4 is 44.2 Å². The van der Waals surface area contributed by atoms with Crippen molar-refractivity contribution in [3.8, 4) is 0 Å². The van der Waals surface area contributed by atoms with E-state index in [1.807, 2.05) is 36.4 Å². The first kappa shape index (κ1) is 13.9. The maximum absolute atomic E-state index is 13.1. The van der Waals surface area contributed by atoms with Crippen LogP contribution >= 0.6 is 0 Å². The minimum absolute atomic E-state index is 0.135. The van der Waals surface area contributed by atoms with E-state index in [0.29, 0.717) is 27.6 Å². The van der Waals surface area contributed by atoms with Crippen molar-refractivity contribution in [2.45, 2.75) is 0 Å². The highest BCUT2D eigenvalue weighted by atomic mass is 16.5. The Morgan fingerprint density at radius 1 is 1.04 bits per heavy atom. The van der Waals surface area contributed by atoms with Crippen molar-refractivity contribution in [2.75, 3.05) is 7.11 Å². The van der Waals surface area contributed by atoms with Gasteiger partial charge in [0.15, 0.2) is 0 Å². The molecule has 3 aromatic carbocycles. The maximum atomic E-state index is 13.1. The number of hydrogen-bond acceptors (Lipinski definition) is 4. The molecule has 5 rings (SSSR count). The van der Waals surface area contributed by atoms with E-state index in [9.17, 15) is 9.59 Å². The number of rotatable bonds is 1. The normalized spacial score (nSPS) is 11.7. The molecule has 0 saturated carbocycles. The monoisotopic (exact) mass is 328 g/mol. The fourth-order valence-electron chi connectivity index (χ4n) is 3.53. The third-order valence-electron chi connectivity index (χ3n) is 4.65. The molecular formula is C20H12N2O3. The van der Waals surface area contributed by atoms with E-state index >= 15 is 0 Å². The van der Waals surface area contributed by atoms with Gasteiger partial charge in [-0.2, -0.15) is 0 Å². The zero-order valence-corrected chi connectivity index (χ0v) is 13.3. The number of fused-ring (bicyclic) bond motifs is 4. The Morgan fingerprint density at radius 3 is 2.56 bits per heavy atom. The van der Waals surface area contributed by atoms with Crippen molar-refractivity contribution in [3.63, 3.8) is 0 Å². The second kappa shape index (κ2) is 4.77. The van der Waals surface area contributed by atoms with E-state index in [1.54, 1.807) is 22.6 Å². The summed E-state index contributed by atoms with van der Waals surface area (Å²) in [6, 6.07) is 16.7. The highest BCUT2D eigenvalue weighted by Gasteiger charge is 2.17. The summed E-state index contributed by atoms with van der Waals surface area (Å²) in [6.45, 7) is 0. The van der Waals surface area contributed by atoms with Crippen molar-refractivity contribution in [1.29, 1.82) is 0 Å². The van der Waals surface area contributed by atoms with Crippen molar-refractivity contribution in [3.05, 3.63) is 70.5 Å². The van der Waals surface area contributed by atoms with Gasteiger partial charge in [-0.1, -0.05) is 30.3 Å². The molecule has 5 nitrogen and oxygen atoms in total. The number of imidazole rings is 1. The summed E-state index contributed by atoms with van der Waals surface area (Å²) >= 11 is 0. The molecule has 0 bridgehead atoms. The maximum Gasteiger partial charge on any atom is 0.337 e. The van der Waals surface area contributed by atoms with E-state index < -0.39 is 5.97 Å². The number of ether oxygens (including phenoxy) is 1. The number of aromatic nitrogens is 2. The van der Waals surface area contributed by atoms with Crippen LogP contribution in [0.3, 0.4) is 0 Å². The van der Waals surface area contributed by atoms with Crippen molar-refractivity contribution in [2.24, 2.45) is 0 Å². The molecular weight excluding hydrogens is 316 g/mol. The van der Waals surface area contributed by atoms with Gasteiger partial charge in [0.25, 0.3) is 5.56 Å². The molecule has 5 aromatic rings. The second-order valence-electron chi connectivity index (χ2n) is 5.98. The van der Waals surface area contributed by atoms with Gasteiger partial charge in [-0.25, -0.2) is 9.78 Å². The molecule has 0 N–H and O–H groups in total. The highest BCUT2D eigenvalue weighted by molar-refractivity contribution is 6.15. The van der Waals surface area contributed by atoms with Gasteiger partial charge in [0.2, 0.25) is 0 Å². The smallest absolute Gasteiger partial charge is 0.337 e. The van der Waals surface area contributed by atoms with Crippen LogP contribution in [0.2, 0.25) is 0 Å². The molecule has 0 saturated heterocycles. The molecule has 0 aliphatic carbocycles. The van der Waals surface area contributed by atoms with Gasteiger partial charge in [-0.15, -0.1) is 0 Å². The lowest BCUT2D eigenvalue weighted by atomic mass is 10.0. The molecule has 0 radical (unpaired) electrons. The summed E-state index contributed by atoms with van der Waals surface area (Å²) < 4.78 is 6.36. The summed E-state index contributed by atoms with van der Waals surface area (Å²) in [5.41, 5.74) is 2.13.